The third kappa shape index (κ3) is 4.07. The SMILES string of the molecule is O=C(CSc1nc(=O)n(Cc2cccnc2)c2c1CCCC2)c1ccccc1. The molecule has 5 nitrogen and oxygen atoms in total. The number of carbonyl (C=O) groups excluding carboxylic acids is 1. The number of fused-ring (bicyclic) bond motifs is 1. The van der Waals surface area contributed by atoms with Crippen molar-refractivity contribution < 1.29 is 4.79 Å². The number of rotatable bonds is 6. The lowest BCUT2D eigenvalue weighted by Crippen LogP contribution is -2.30. The average molecular weight is 391 g/mol. The third-order valence-corrected chi connectivity index (χ3v) is 5.97. The van der Waals surface area contributed by atoms with Crippen LogP contribution in [-0.4, -0.2) is 26.1 Å². The van der Waals surface area contributed by atoms with Gasteiger partial charge in [-0.15, -0.1) is 0 Å². The number of aromatic nitrogens is 3. The number of hydrogen-bond donors (Lipinski definition) is 0. The Labute approximate surface area is 167 Å². The summed E-state index contributed by atoms with van der Waals surface area (Å²) in [6, 6.07) is 13.1. The van der Waals surface area contributed by atoms with Crippen LogP contribution in [0.5, 0.6) is 0 Å². The maximum atomic E-state index is 12.8. The second-order valence-electron chi connectivity index (χ2n) is 6.86. The Kier molecular flexibility index (Phi) is 5.67. The first-order valence-corrected chi connectivity index (χ1v) is 10.4. The molecular formula is C22H21N3O2S. The molecule has 1 aromatic carbocycles. The fraction of sp³-hybridized carbons (Fsp3) is 0.273. The Hall–Kier alpha value is -2.73. The van der Waals surface area contributed by atoms with Gasteiger partial charge in [0.05, 0.1) is 12.3 Å². The summed E-state index contributed by atoms with van der Waals surface area (Å²) in [6.07, 6.45) is 7.42. The van der Waals surface area contributed by atoms with E-state index in [0.717, 1.165) is 42.5 Å². The molecule has 4 rings (SSSR count). The molecule has 28 heavy (non-hydrogen) atoms. The lowest BCUT2D eigenvalue weighted by molar-refractivity contribution is 0.102. The molecule has 0 spiro atoms. The van der Waals surface area contributed by atoms with Crippen LogP contribution in [0.4, 0.5) is 0 Å². The summed E-state index contributed by atoms with van der Waals surface area (Å²) >= 11 is 1.38. The van der Waals surface area contributed by atoms with Crippen molar-refractivity contribution in [3.63, 3.8) is 0 Å². The first-order chi connectivity index (χ1) is 13.7. The van der Waals surface area contributed by atoms with E-state index in [1.165, 1.54) is 11.8 Å². The average Bonchev–Trinajstić information content (AvgIpc) is 2.75. The van der Waals surface area contributed by atoms with Crippen molar-refractivity contribution in [3.8, 4) is 0 Å². The maximum Gasteiger partial charge on any atom is 0.349 e. The topological polar surface area (TPSA) is 64.8 Å². The van der Waals surface area contributed by atoms with Gasteiger partial charge < -0.3 is 0 Å². The van der Waals surface area contributed by atoms with Crippen LogP contribution in [0.2, 0.25) is 0 Å². The quantitative estimate of drug-likeness (QED) is 0.365. The molecule has 0 N–H and O–H groups in total. The van der Waals surface area contributed by atoms with E-state index in [1.54, 1.807) is 17.0 Å². The van der Waals surface area contributed by atoms with Crippen LogP contribution in [0.15, 0.2) is 64.7 Å². The molecule has 0 aliphatic heterocycles. The van der Waals surface area contributed by atoms with Crippen LogP contribution in [0.25, 0.3) is 0 Å². The monoisotopic (exact) mass is 391 g/mol. The smallest absolute Gasteiger partial charge is 0.293 e. The Bertz CT molecular complexity index is 1030. The van der Waals surface area contributed by atoms with E-state index < -0.39 is 0 Å². The molecule has 142 valence electrons. The van der Waals surface area contributed by atoms with Gasteiger partial charge in [0.25, 0.3) is 0 Å². The molecule has 2 heterocycles. The summed E-state index contributed by atoms with van der Waals surface area (Å²) in [5, 5.41) is 0.714. The van der Waals surface area contributed by atoms with E-state index >= 15 is 0 Å². The molecule has 0 fully saturated rings. The van der Waals surface area contributed by atoms with Gasteiger partial charge >= 0.3 is 5.69 Å². The minimum absolute atomic E-state index is 0.0523. The molecule has 0 radical (unpaired) electrons. The number of benzene rings is 1. The second kappa shape index (κ2) is 8.52. The van der Waals surface area contributed by atoms with Crippen molar-refractivity contribution in [2.75, 3.05) is 5.75 Å². The second-order valence-corrected chi connectivity index (χ2v) is 7.82. The standard InChI is InChI=1S/C22H21N3O2S/c26-20(17-8-2-1-3-9-17)15-28-21-18-10-4-5-11-19(18)25(22(27)24-21)14-16-7-6-12-23-13-16/h1-3,6-9,12-13H,4-5,10-11,14-15H2. The van der Waals surface area contributed by atoms with Crippen LogP contribution in [0.3, 0.4) is 0 Å². The summed E-state index contributed by atoms with van der Waals surface area (Å²) in [4.78, 5) is 33.7. The zero-order valence-electron chi connectivity index (χ0n) is 15.5. The van der Waals surface area contributed by atoms with E-state index in [-0.39, 0.29) is 17.2 Å². The van der Waals surface area contributed by atoms with Gasteiger partial charge in [-0.05, 0) is 37.3 Å². The van der Waals surface area contributed by atoms with Gasteiger partial charge in [-0.1, -0.05) is 48.2 Å². The van der Waals surface area contributed by atoms with Gasteiger partial charge in [-0.2, -0.15) is 4.98 Å². The van der Waals surface area contributed by atoms with Crippen LogP contribution in [-0.2, 0) is 19.4 Å². The van der Waals surface area contributed by atoms with E-state index in [1.807, 2.05) is 42.5 Å². The van der Waals surface area contributed by atoms with E-state index in [2.05, 4.69) is 9.97 Å². The van der Waals surface area contributed by atoms with Crippen LogP contribution in [0, 0.1) is 0 Å². The predicted octanol–water partition coefficient (Wildman–Crippen LogP) is 3.54. The zero-order chi connectivity index (χ0) is 19.3. The highest BCUT2D eigenvalue weighted by molar-refractivity contribution is 8.00. The van der Waals surface area contributed by atoms with E-state index in [9.17, 15) is 9.59 Å². The third-order valence-electron chi connectivity index (χ3n) is 4.95. The summed E-state index contributed by atoms with van der Waals surface area (Å²) in [7, 11) is 0. The number of carbonyl (C=O) groups is 1. The summed E-state index contributed by atoms with van der Waals surface area (Å²) in [5.74, 6) is 0.340. The Balaban J connectivity index is 1.61. The van der Waals surface area contributed by atoms with Crippen LogP contribution in [0.1, 0.15) is 40.0 Å². The van der Waals surface area contributed by atoms with Gasteiger partial charge in [0, 0.05) is 29.2 Å². The van der Waals surface area contributed by atoms with Crippen molar-refractivity contribution in [2.45, 2.75) is 37.3 Å². The van der Waals surface area contributed by atoms with Gasteiger partial charge in [0.2, 0.25) is 0 Å². The van der Waals surface area contributed by atoms with Gasteiger partial charge in [-0.3, -0.25) is 14.3 Å². The molecule has 3 aromatic rings. The number of nitrogens with zero attached hydrogens (tertiary/aromatic N) is 3. The first-order valence-electron chi connectivity index (χ1n) is 9.45. The van der Waals surface area contributed by atoms with Crippen LogP contribution < -0.4 is 5.69 Å². The highest BCUT2D eigenvalue weighted by Gasteiger charge is 2.21. The van der Waals surface area contributed by atoms with Crippen molar-refractivity contribution >= 4 is 17.5 Å². The minimum atomic E-state index is -0.251. The highest BCUT2D eigenvalue weighted by Crippen LogP contribution is 2.29. The molecule has 2 aromatic heterocycles. The largest absolute Gasteiger partial charge is 0.349 e. The summed E-state index contributed by atoms with van der Waals surface area (Å²) < 4.78 is 1.77. The molecular weight excluding hydrogens is 370 g/mol. The summed E-state index contributed by atoms with van der Waals surface area (Å²) in [5.41, 5.74) is 3.61. The van der Waals surface area contributed by atoms with Gasteiger partial charge in [0.15, 0.2) is 5.78 Å². The Morgan fingerprint density at radius 3 is 2.68 bits per heavy atom. The number of Topliss-reactive ketones (excluding diaryl/α,β-unsaturated/α-hetero) is 1. The number of hydrogen-bond acceptors (Lipinski definition) is 5. The van der Waals surface area contributed by atoms with E-state index in [4.69, 9.17) is 0 Å². The Morgan fingerprint density at radius 1 is 1.07 bits per heavy atom. The fourth-order valence-corrected chi connectivity index (χ4v) is 4.52. The molecule has 6 heteroatoms. The normalized spacial score (nSPS) is 13.1. The number of ketones is 1. The number of thioether (sulfide) groups is 1. The minimum Gasteiger partial charge on any atom is -0.293 e. The molecule has 1 aliphatic carbocycles. The van der Waals surface area contributed by atoms with E-state index in [0.29, 0.717) is 17.1 Å². The van der Waals surface area contributed by atoms with Crippen molar-refractivity contribution in [1.82, 2.24) is 14.5 Å². The molecule has 0 atom stereocenters. The van der Waals surface area contributed by atoms with Crippen molar-refractivity contribution in [2.24, 2.45) is 0 Å². The highest BCUT2D eigenvalue weighted by atomic mass is 32.2. The first kappa shape index (κ1) is 18.6. The zero-order valence-corrected chi connectivity index (χ0v) is 16.3. The van der Waals surface area contributed by atoms with Crippen molar-refractivity contribution in [3.05, 3.63) is 87.7 Å². The van der Waals surface area contributed by atoms with Gasteiger partial charge in [0.1, 0.15) is 5.03 Å². The lowest BCUT2D eigenvalue weighted by atomic mass is 9.97. The molecule has 1 aliphatic rings. The molecule has 0 amide bonds. The molecule has 0 bridgehead atoms. The molecule has 0 saturated heterocycles. The van der Waals surface area contributed by atoms with Gasteiger partial charge in [-0.25, -0.2) is 4.79 Å². The summed E-state index contributed by atoms with van der Waals surface area (Å²) in [6.45, 7) is 0.482. The number of pyridine rings is 1. The maximum absolute atomic E-state index is 12.8. The predicted molar refractivity (Wildman–Crippen MR) is 110 cm³/mol. The molecule has 0 unspecified atom stereocenters. The molecule has 0 saturated carbocycles. The fourth-order valence-electron chi connectivity index (χ4n) is 3.55. The van der Waals surface area contributed by atoms with Crippen LogP contribution >= 0.6 is 11.8 Å². The lowest BCUT2D eigenvalue weighted by Gasteiger charge is -2.22. The Morgan fingerprint density at radius 2 is 1.89 bits per heavy atom. The van der Waals surface area contributed by atoms with Crippen molar-refractivity contribution in [1.29, 1.82) is 0 Å².